The van der Waals surface area contributed by atoms with Gasteiger partial charge in [-0.2, -0.15) is 4.31 Å². The van der Waals surface area contributed by atoms with Crippen LogP contribution in [-0.4, -0.2) is 69.0 Å². The van der Waals surface area contributed by atoms with E-state index in [4.69, 9.17) is 0 Å². The van der Waals surface area contributed by atoms with Crippen LogP contribution >= 0.6 is 0 Å². The van der Waals surface area contributed by atoms with Crippen LogP contribution in [0, 0.1) is 0 Å². The number of hydrogen-bond donors (Lipinski definition) is 1. The second kappa shape index (κ2) is 8.68. The predicted molar refractivity (Wildman–Crippen MR) is 104 cm³/mol. The summed E-state index contributed by atoms with van der Waals surface area (Å²) in [4.78, 5) is 25.2. The van der Waals surface area contributed by atoms with E-state index in [0.717, 1.165) is 10.8 Å². The monoisotopic (exact) mass is 405 g/mol. The minimum Gasteiger partial charge on any atom is -0.450 e. The topological polar surface area (TPSA) is 96.0 Å². The Bertz CT molecular complexity index is 968. The molecule has 2 amide bonds. The van der Waals surface area contributed by atoms with Gasteiger partial charge in [0.25, 0.3) is 0 Å². The van der Waals surface area contributed by atoms with Crippen LogP contribution in [0.5, 0.6) is 0 Å². The van der Waals surface area contributed by atoms with Crippen molar-refractivity contribution < 1.29 is 22.7 Å². The van der Waals surface area contributed by atoms with Gasteiger partial charge in [0.1, 0.15) is 0 Å². The number of nitrogens with zero attached hydrogens (tertiary/aromatic N) is 2. The summed E-state index contributed by atoms with van der Waals surface area (Å²) >= 11 is 0. The molecule has 0 atom stereocenters. The molecule has 1 aliphatic rings. The first kappa shape index (κ1) is 20.2. The minimum absolute atomic E-state index is 0.0165. The van der Waals surface area contributed by atoms with Crippen LogP contribution in [0.2, 0.25) is 0 Å². The van der Waals surface area contributed by atoms with E-state index in [-0.39, 0.29) is 31.1 Å². The molecule has 0 aromatic heterocycles. The van der Waals surface area contributed by atoms with Crippen molar-refractivity contribution in [2.45, 2.75) is 11.8 Å². The smallest absolute Gasteiger partial charge is 0.413 e. The van der Waals surface area contributed by atoms with Crippen molar-refractivity contribution in [2.75, 3.05) is 39.3 Å². The van der Waals surface area contributed by atoms with Crippen molar-refractivity contribution in [3.8, 4) is 0 Å². The van der Waals surface area contributed by atoms with Crippen LogP contribution in [0.25, 0.3) is 10.8 Å². The van der Waals surface area contributed by atoms with Crippen molar-refractivity contribution in [3.63, 3.8) is 0 Å². The van der Waals surface area contributed by atoms with E-state index in [1.54, 1.807) is 30.0 Å². The SMILES string of the molecule is CCOC(=O)NC(=O)CN1CCN(S(=O)(=O)c2ccc3ccccc3c2)CC1. The zero-order valence-corrected chi connectivity index (χ0v) is 16.4. The van der Waals surface area contributed by atoms with Gasteiger partial charge in [-0.05, 0) is 29.8 Å². The third kappa shape index (κ3) is 4.67. The molecule has 0 radical (unpaired) electrons. The minimum atomic E-state index is -3.60. The Kier molecular flexibility index (Phi) is 6.28. The Morgan fingerprint density at radius 1 is 1.04 bits per heavy atom. The molecule has 150 valence electrons. The van der Waals surface area contributed by atoms with E-state index < -0.39 is 22.0 Å². The number of alkyl carbamates (subject to hydrolysis) is 1. The molecule has 0 unspecified atom stereocenters. The van der Waals surface area contributed by atoms with Crippen molar-refractivity contribution >= 4 is 32.8 Å². The Hall–Kier alpha value is -2.49. The molecule has 3 rings (SSSR count). The number of hydrogen-bond acceptors (Lipinski definition) is 6. The number of fused-ring (bicyclic) bond motifs is 1. The molecular formula is C19H23N3O5S. The molecule has 1 fully saturated rings. The largest absolute Gasteiger partial charge is 0.450 e. The highest BCUT2D eigenvalue weighted by Gasteiger charge is 2.29. The van der Waals surface area contributed by atoms with Gasteiger partial charge in [-0.3, -0.25) is 15.0 Å². The van der Waals surface area contributed by atoms with E-state index >= 15 is 0 Å². The molecule has 0 spiro atoms. The molecule has 28 heavy (non-hydrogen) atoms. The fourth-order valence-electron chi connectivity index (χ4n) is 3.13. The molecular weight excluding hydrogens is 382 g/mol. The number of imide groups is 1. The van der Waals surface area contributed by atoms with Crippen molar-refractivity contribution in [1.29, 1.82) is 0 Å². The van der Waals surface area contributed by atoms with Gasteiger partial charge in [-0.15, -0.1) is 0 Å². The summed E-state index contributed by atoms with van der Waals surface area (Å²) in [6.45, 7) is 3.22. The van der Waals surface area contributed by atoms with Gasteiger partial charge in [-0.25, -0.2) is 13.2 Å². The van der Waals surface area contributed by atoms with Gasteiger partial charge in [0, 0.05) is 26.2 Å². The van der Waals surface area contributed by atoms with Crippen LogP contribution in [0.4, 0.5) is 4.79 Å². The number of ether oxygens (including phenoxy) is 1. The second-order valence-electron chi connectivity index (χ2n) is 6.46. The molecule has 1 aliphatic heterocycles. The molecule has 1 saturated heterocycles. The number of sulfonamides is 1. The highest BCUT2D eigenvalue weighted by molar-refractivity contribution is 7.89. The zero-order chi connectivity index (χ0) is 20.1. The molecule has 0 bridgehead atoms. The molecule has 1 heterocycles. The van der Waals surface area contributed by atoms with E-state index in [1.807, 2.05) is 24.3 Å². The van der Waals surface area contributed by atoms with Gasteiger partial charge in [0.15, 0.2) is 0 Å². The van der Waals surface area contributed by atoms with Crippen LogP contribution in [-0.2, 0) is 19.6 Å². The average molecular weight is 405 g/mol. The average Bonchev–Trinajstić information content (AvgIpc) is 2.68. The van der Waals surface area contributed by atoms with E-state index in [0.29, 0.717) is 13.1 Å². The number of benzene rings is 2. The summed E-state index contributed by atoms with van der Waals surface area (Å²) in [5, 5.41) is 4.00. The molecule has 8 nitrogen and oxygen atoms in total. The summed E-state index contributed by atoms with van der Waals surface area (Å²) in [6, 6.07) is 12.7. The molecule has 0 aliphatic carbocycles. The Morgan fingerprint density at radius 2 is 1.71 bits per heavy atom. The van der Waals surface area contributed by atoms with Gasteiger partial charge < -0.3 is 4.74 Å². The molecule has 2 aromatic rings. The fourth-order valence-corrected chi connectivity index (χ4v) is 4.59. The maximum atomic E-state index is 12.9. The molecule has 1 N–H and O–H groups in total. The van der Waals surface area contributed by atoms with Crippen LogP contribution < -0.4 is 5.32 Å². The second-order valence-corrected chi connectivity index (χ2v) is 8.40. The first-order chi connectivity index (χ1) is 13.4. The van der Waals surface area contributed by atoms with Gasteiger partial charge in [-0.1, -0.05) is 30.3 Å². The van der Waals surface area contributed by atoms with E-state index in [2.05, 4.69) is 10.1 Å². The summed E-state index contributed by atoms with van der Waals surface area (Å²) in [5.41, 5.74) is 0. The van der Waals surface area contributed by atoms with Crippen LogP contribution in [0.15, 0.2) is 47.4 Å². The third-order valence-electron chi connectivity index (χ3n) is 4.57. The number of carbonyl (C=O) groups excluding carboxylic acids is 2. The maximum Gasteiger partial charge on any atom is 0.413 e. The lowest BCUT2D eigenvalue weighted by Gasteiger charge is -2.33. The first-order valence-electron chi connectivity index (χ1n) is 9.08. The summed E-state index contributed by atoms with van der Waals surface area (Å²) in [5.74, 6) is -0.468. The molecule has 0 saturated carbocycles. The number of piperazine rings is 1. The lowest BCUT2D eigenvalue weighted by Crippen LogP contribution is -2.51. The van der Waals surface area contributed by atoms with Gasteiger partial charge >= 0.3 is 6.09 Å². The number of nitrogens with one attached hydrogen (secondary N) is 1. The van der Waals surface area contributed by atoms with Crippen molar-refractivity contribution in [1.82, 2.24) is 14.5 Å². The van der Waals surface area contributed by atoms with Crippen molar-refractivity contribution in [3.05, 3.63) is 42.5 Å². The summed E-state index contributed by atoms with van der Waals surface area (Å²) in [6.07, 6.45) is -0.773. The number of amides is 2. The van der Waals surface area contributed by atoms with E-state index in [9.17, 15) is 18.0 Å². The standard InChI is InChI=1S/C19H23N3O5S/c1-2-27-19(24)20-18(23)14-21-9-11-22(12-10-21)28(25,26)17-8-7-15-5-3-4-6-16(15)13-17/h3-8,13H,2,9-12,14H2,1H3,(H,20,23,24). The Morgan fingerprint density at radius 3 is 2.39 bits per heavy atom. The highest BCUT2D eigenvalue weighted by Crippen LogP contribution is 2.22. The first-order valence-corrected chi connectivity index (χ1v) is 10.5. The summed E-state index contributed by atoms with van der Waals surface area (Å²) in [7, 11) is -3.60. The quantitative estimate of drug-likeness (QED) is 0.808. The third-order valence-corrected chi connectivity index (χ3v) is 6.47. The van der Waals surface area contributed by atoms with Gasteiger partial charge in [0.2, 0.25) is 15.9 Å². The predicted octanol–water partition coefficient (Wildman–Crippen LogP) is 1.42. The Balaban J connectivity index is 1.60. The molecule has 9 heteroatoms. The molecule has 2 aromatic carbocycles. The zero-order valence-electron chi connectivity index (χ0n) is 15.6. The highest BCUT2D eigenvalue weighted by atomic mass is 32.2. The Labute approximate surface area is 164 Å². The lowest BCUT2D eigenvalue weighted by molar-refractivity contribution is -0.121. The summed E-state index contributed by atoms with van der Waals surface area (Å²) < 4.78 is 32.0. The van der Waals surface area contributed by atoms with E-state index in [1.165, 1.54) is 4.31 Å². The lowest BCUT2D eigenvalue weighted by atomic mass is 10.1. The van der Waals surface area contributed by atoms with Crippen LogP contribution in [0.3, 0.4) is 0 Å². The van der Waals surface area contributed by atoms with Crippen LogP contribution in [0.1, 0.15) is 6.92 Å². The number of rotatable bonds is 5. The fraction of sp³-hybridized carbons (Fsp3) is 0.368. The maximum absolute atomic E-state index is 12.9. The number of carbonyl (C=O) groups is 2. The van der Waals surface area contributed by atoms with Gasteiger partial charge in [0.05, 0.1) is 18.0 Å². The normalized spacial score (nSPS) is 16.0. The van der Waals surface area contributed by atoms with Crippen molar-refractivity contribution in [2.24, 2.45) is 0 Å².